The number of carbonyl (C=O) groups excluding carboxylic acids is 2. The maximum atomic E-state index is 13.4. The number of carbonyl (C=O) groups is 2. The van der Waals surface area contributed by atoms with Gasteiger partial charge in [0.05, 0.1) is 10.5 Å². The number of benzene rings is 2. The van der Waals surface area contributed by atoms with E-state index in [1.165, 1.54) is 12.1 Å². The van der Waals surface area contributed by atoms with Gasteiger partial charge in [0.2, 0.25) is 10.0 Å². The first-order chi connectivity index (χ1) is 12.7. The first-order valence-corrected chi connectivity index (χ1v) is 9.22. The maximum Gasteiger partial charge on any atom is 0.341 e. The minimum Gasteiger partial charge on any atom is -0.452 e. The van der Waals surface area contributed by atoms with E-state index >= 15 is 0 Å². The van der Waals surface area contributed by atoms with Crippen molar-refractivity contribution in [2.45, 2.75) is 11.3 Å². The zero-order chi connectivity index (χ0) is 20.0. The summed E-state index contributed by atoms with van der Waals surface area (Å²) < 4.78 is 53.2. The molecule has 0 radical (unpaired) electrons. The molecule has 144 valence electrons. The number of sulfonamides is 1. The molecule has 0 unspecified atom stereocenters. The van der Waals surface area contributed by atoms with E-state index in [9.17, 15) is 26.8 Å². The summed E-state index contributed by atoms with van der Waals surface area (Å²) >= 11 is 0. The van der Waals surface area contributed by atoms with Gasteiger partial charge in [-0.15, -0.1) is 0 Å². The number of nitrogens with two attached hydrogens (primary N) is 1. The van der Waals surface area contributed by atoms with Crippen LogP contribution in [0.5, 0.6) is 0 Å². The smallest absolute Gasteiger partial charge is 0.341 e. The topological polar surface area (TPSA) is 116 Å². The summed E-state index contributed by atoms with van der Waals surface area (Å²) in [4.78, 5) is 23.3. The molecule has 0 saturated carbocycles. The minimum atomic E-state index is -3.76. The van der Waals surface area contributed by atoms with Crippen LogP contribution in [-0.4, -0.2) is 33.4 Å². The lowest BCUT2D eigenvalue weighted by atomic mass is 10.1. The Kier molecular flexibility index (Phi) is 6.59. The van der Waals surface area contributed by atoms with Crippen molar-refractivity contribution < 1.29 is 31.5 Å². The Morgan fingerprint density at radius 1 is 1.07 bits per heavy atom. The largest absolute Gasteiger partial charge is 0.452 e. The molecule has 10 heteroatoms. The normalized spacial score (nSPS) is 11.1. The average molecular weight is 398 g/mol. The lowest BCUT2D eigenvalue weighted by Crippen LogP contribution is -2.30. The molecule has 7 nitrogen and oxygen atoms in total. The van der Waals surface area contributed by atoms with Crippen molar-refractivity contribution in [3.05, 3.63) is 65.2 Å². The van der Waals surface area contributed by atoms with Gasteiger partial charge in [0.1, 0.15) is 11.6 Å². The molecular formula is C17H16F2N2O5S. The molecule has 0 aromatic heterocycles. The third-order valence-corrected chi connectivity index (χ3v) is 4.40. The van der Waals surface area contributed by atoms with Crippen molar-refractivity contribution in [3.8, 4) is 0 Å². The van der Waals surface area contributed by atoms with E-state index in [-0.39, 0.29) is 11.4 Å². The van der Waals surface area contributed by atoms with Gasteiger partial charge in [-0.1, -0.05) is 12.1 Å². The molecule has 2 aromatic rings. The fourth-order valence-corrected chi connectivity index (χ4v) is 2.62. The Morgan fingerprint density at radius 3 is 2.33 bits per heavy atom. The van der Waals surface area contributed by atoms with Gasteiger partial charge in [-0.3, -0.25) is 4.79 Å². The van der Waals surface area contributed by atoms with Crippen LogP contribution in [0.3, 0.4) is 0 Å². The van der Waals surface area contributed by atoms with Gasteiger partial charge in [0.15, 0.2) is 6.61 Å². The van der Waals surface area contributed by atoms with Gasteiger partial charge >= 0.3 is 5.97 Å². The number of hydrogen-bond acceptors (Lipinski definition) is 5. The number of amides is 1. The fourth-order valence-electron chi connectivity index (χ4n) is 2.11. The lowest BCUT2D eigenvalue weighted by Gasteiger charge is -2.08. The molecule has 0 spiro atoms. The van der Waals surface area contributed by atoms with E-state index in [1.807, 2.05) is 0 Å². The van der Waals surface area contributed by atoms with E-state index in [4.69, 9.17) is 5.14 Å². The second-order valence-corrected chi connectivity index (χ2v) is 7.05. The highest BCUT2D eigenvalue weighted by atomic mass is 32.2. The Labute approximate surface area is 154 Å². The van der Waals surface area contributed by atoms with Gasteiger partial charge in [-0.05, 0) is 36.2 Å². The molecular weight excluding hydrogens is 382 g/mol. The molecule has 1 amide bonds. The third-order valence-electron chi connectivity index (χ3n) is 3.47. The van der Waals surface area contributed by atoms with Crippen LogP contribution < -0.4 is 10.5 Å². The molecule has 3 N–H and O–H groups in total. The van der Waals surface area contributed by atoms with Crippen molar-refractivity contribution in [2.24, 2.45) is 5.14 Å². The van der Waals surface area contributed by atoms with Crippen LogP contribution in [-0.2, 0) is 26.0 Å². The van der Waals surface area contributed by atoms with E-state index in [2.05, 4.69) is 10.1 Å². The monoisotopic (exact) mass is 398 g/mol. The highest BCUT2D eigenvalue weighted by molar-refractivity contribution is 7.89. The summed E-state index contributed by atoms with van der Waals surface area (Å²) in [5.74, 6) is -3.60. The summed E-state index contributed by atoms with van der Waals surface area (Å²) in [6.07, 6.45) is 0.400. The van der Waals surface area contributed by atoms with Crippen molar-refractivity contribution >= 4 is 21.9 Å². The maximum absolute atomic E-state index is 13.4. The summed E-state index contributed by atoms with van der Waals surface area (Å²) in [5.41, 5.74) is 0.284. The number of rotatable bonds is 7. The van der Waals surface area contributed by atoms with Gasteiger partial charge < -0.3 is 10.1 Å². The zero-order valence-corrected chi connectivity index (χ0v) is 14.8. The number of ether oxygens (including phenoxy) is 1. The number of hydrogen-bond donors (Lipinski definition) is 2. The van der Waals surface area contributed by atoms with Crippen LogP contribution in [0.25, 0.3) is 0 Å². The SMILES string of the molecule is NS(=O)(=O)c1ccc(CCNC(=O)COC(=O)c2ccc(F)cc2F)cc1. The Balaban J connectivity index is 1.77. The van der Waals surface area contributed by atoms with Crippen molar-refractivity contribution in [3.63, 3.8) is 0 Å². The van der Waals surface area contributed by atoms with E-state index in [1.54, 1.807) is 12.1 Å². The third kappa shape index (κ3) is 6.12. The van der Waals surface area contributed by atoms with Crippen molar-refractivity contribution in [2.75, 3.05) is 13.2 Å². The summed E-state index contributed by atoms with van der Waals surface area (Å²) in [7, 11) is -3.76. The first kappa shape index (κ1) is 20.5. The molecule has 0 heterocycles. The van der Waals surface area contributed by atoms with Crippen LogP contribution in [0.15, 0.2) is 47.4 Å². The quantitative estimate of drug-likeness (QED) is 0.679. The molecule has 0 bridgehead atoms. The first-order valence-electron chi connectivity index (χ1n) is 7.67. The summed E-state index contributed by atoms with van der Waals surface area (Å²) in [5, 5.41) is 7.49. The predicted molar refractivity (Wildman–Crippen MR) is 91.2 cm³/mol. The molecule has 2 rings (SSSR count). The number of primary sulfonamides is 1. The molecule has 0 fully saturated rings. The van der Waals surface area contributed by atoms with Crippen molar-refractivity contribution in [1.29, 1.82) is 0 Å². The van der Waals surface area contributed by atoms with E-state index < -0.39 is 45.7 Å². The highest BCUT2D eigenvalue weighted by Crippen LogP contribution is 2.11. The van der Waals surface area contributed by atoms with Crippen LogP contribution in [0, 0.1) is 11.6 Å². The number of nitrogens with one attached hydrogen (secondary N) is 1. The van der Waals surface area contributed by atoms with Gasteiger partial charge in [0, 0.05) is 12.6 Å². The second kappa shape index (κ2) is 8.69. The zero-order valence-electron chi connectivity index (χ0n) is 13.9. The second-order valence-electron chi connectivity index (χ2n) is 5.49. The molecule has 0 aliphatic heterocycles. The number of halogens is 2. The van der Waals surface area contributed by atoms with Crippen LogP contribution in [0.2, 0.25) is 0 Å². The van der Waals surface area contributed by atoms with Gasteiger partial charge in [0.25, 0.3) is 5.91 Å². The van der Waals surface area contributed by atoms with E-state index in [0.29, 0.717) is 12.5 Å². The molecule has 0 aliphatic rings. The molecule has 2 aromatic carbocycles. The Hall–Kier alpha value is -2.85. The van der Waals surface area contributed by atoms with Crippen LogP contribution in [0.4, 0.5) is 8.78 Å². The molecule has 0 aliphatic carbocycles. The molecule has 0 saturated heterocycles. The minimum absolute atomic E-state index is 0.0183. The van der Waals surface area contributed by atoms with Gasteiger partial charge in [-0.2, -0.15) is 0 Å². The fraction of sp³-hybridized carbons (Fsp3) is 0.176. The Morgan fingerprint density at radius 2 is 1.74 bits per heavy atom. The number of esters is 1. The van der Waals surface area contributed by atoms with Crippen LogP contribution in [0.1, 0.15) is 15.9 Å². The Bertz CT molecular complexity index is 946. The summed E-state index contributed by atoms with van der Waals surface area (Å²) in [6, 6.07) is 8.19. The average Bonchev–Trinajstić information content (AvgIpc) is 2.59. The van der Waals surface area contributed by atoms with E-state index in [0.717, 1.165) is 17.7 Å². The van der Waals surface area contributed by atoms with Gasteiger partial charge in [-0.25, -0.2) is 27.1 Å². The molecule has 27 heavy (non-hydrogen) atoms. The van der Waals surface area contributed by atoms with Crippen molar-refractivity contribution in [1.82, 2.24) is 5.32 Å². The standard InChI is InChI=1S/C17H16F2N2O5S/c18-12-3-6-14(15(19)9-12)17(23)26-10-16(22)21-8-7-11-1-4-13(5-2-11)27(20,24)25/h1-6,9H,7-8,10H2,(H,21,22)(H2,20,24,25). The lowest BCUT2D eigenvalue weighted by molar-refractivity contribution is -0.124. The molecule has 0 atom stereocenters. The summed E-state index contributed by atoms with van der Waals surface area (Å²) in [6.45, 7) is -0.421. The predicted octanol–water partition coefficient (Wildman–Crippen LogP) is 1.13. The highest BCUT2D eigenvalue weighted by Gasteiger charge is 2.15. The van der Waals surface area contributed by atoms with Crippen LogP contribution >= 0.6 is 0 Å².